The summed E-state index contributed by atoms with van der Waals surface area (Å²) in [7, 11) is 0. The zero-order valence-electron chi connectivity index (χ0n) is 19.4. The molecule has 5 rings (SSSR count). The molecule has 1 aliphatic rings. The Morgan fingerprint density at radius 2 is 1.72 bits per heavy atom. The second-order valence-electron chi connectivity index (χ2n) is 8.81. The van der Waals surface area contributed by atoms with Crippen molar-refractivity contribution in [2.45, 2.75) is 43.0 Å². The summed E-state index contributed by atoms with van der Waals surface area (Å²) in [4.78, 5) is 4.83. The summed E-state index contributed by atoms with van der Waals surface area (Å²) in [6.45, 7) is 1.72. The van der Waals surface area contributed by atoms with E-state index in [9.17, 15) is 17.6 Å². The molecule has 1 aliphatic carbocycles. The van der Waals surface area contributed by atoms with Crippen LogP contribution in [0.3, 0.4) is 0 Å². The van der Waals surface area contributed by atoms with Gasteiger partial charge in [-0.15, -0.1) is 0 Å². The minimum absolute atomic E-state index is 0.0409. The van der Waals surface area contributed by atoms with Crippen LogP contribution in [0.4, 0.5) is 17.6 Å². The Morgan fingerprint density at radius 3 is 2.39 bits per heavy atom. The van der Waals surface area contributed by atoms with Crippen LogP contribution < -0.4 is 0 Å². The largest absolute Gasteiger partial charge is 0.291 e. The maximum absolute atomic E-state index is 14.5. The van der Waals surface area contributed by atoms with Gasteiger partial charge in [-0.05, 0) is 79.8 Å². The molecule has 182 valence electrons. The van der Waals surface area contributed by atoms with Gasteiger partial charge in [-0.25, -0.2) is 22.5 Å². The fourth-order valence-electron chi connectivity index (χ4n) is 4.69. The number of fused-ring (bicyclic) bond motifs is 1. The van der Waals surface area contributed by atoms with Crippen molar-refractivity contribution in [2.24, 2.45) is 0 Å². The minimum Gasteiger partial charge on any atom is -0.291 e. The predicted molar refractivity (Wildman–Crippen MR) is 130 cm³/mol. The van der Waals surface area contributed by atoms with Crippen LogP contribution in [0.15, 0.2) is 59.8 Å². The zero-order valence-corrected chi connectivity index (χ0v) is 20.2. The molecule has 0 bridgehead atoms. The lowest BCUT2D eigenvalue weighted by Gasteiger charge is -2.25. The normalized spacial score (nSPS) is 14.9. The van der Waals surface area contributed by atoms with Crippen molar-refractivity contribution in [3.8, 4) is 11.8 Å². The van der Waals surface area contributed by atoms with Crippen LogP contribution in [0.25, 0.3) is 5.69 Å². The van der Waals surface area contributed by atoms with Gasteiger partial charge in [0.1, 0.15) is 23.3 Å². The number of hydrogen-bond acceptors (Lipinski definition) is 3. The van der Waals surface area contributed by atoms with E-state index in [4.69, 9.17) is 10.2 Å². The molecule has 0 spiro atoms. The van der Waals surface area contributed by atoms with Crippen molar-refractivity contribution < 1.29 is 17.6 Å². The molecule has 0 fully saturated rings. The Kier molecular flexibility index (Phi) is 6.59. The summed E-state index contributed by atoms with van der Waals surface area (Å²) >= 11 is 1.17. The van der Waals surface area contributed by atoms with E-state index in [0.29, 0.717) is 16.4 Å². The first kappa shape index (κ1) is 24.1. The molecule has 3 nitrogen and oxygen atoms in total. The van der Waals surface area contributed by atoms with Gasteiger partial charge in [-0.3, -0.25) is 4.57 Å². The van der Waals surface area contributed by atoms with Crippen molar-refractivity contribution in [3.05, 3.63) is 112 Å². The summed E-state index contributed by atoms with van der Waals surface area (Å²) in [5, 5.41) is 9.49. The Labute approximate surface area is 210 Å². The molecule has 4 aromatic rings. The molecule has 1 aromatic heterocycles. The molecule has 0 radical (unpaired) electrons. The second kappa shape index (κ2) is 9.82. The summed E-state index contributed by atoms with van der Waals surface area (Å²) in [6.07, 6.45) is 2.44. The quantitative estimate of drug-likeness (QED) is 0.209. The first-order chi connectivity index (χ1) is 17.4. The fraction of sp³-hybridized carbons (Fsp3) is 0.214. The molecule has 8 heteroatoms. The van der Waals surface area contributed by atoms with Crippen LogP contribution in [-0.2, 0) is 12.2 Å². The smallest absolute Gasteiger partial charge is 0.173 e. The third-order valence-corrected chi connectivity index (χ3v) is 7.44. The van der Waals surface area contributed by atoms with Gasteiger partial charge in [0.25, 0.3) is 0 Å². The van der Waals surface area contributed by atoms with Gasteiger partial charge in [-0.2, -0.15) is 5.26 Å². The first-order valence-corrected chi connectivity index (χ1v) is 12.5. The highest BCUT2D eigenvalue weighted by Gasteiger charge is 2.30. The highest BCUT2D eigenvalue weighted by molar-refractivity contribution is 7.98. The fourth-order valence-corrected chi connectivity index (χ4v) is 5.75. The Hall–Kier alpha value is -3.57. The lowest BCUT2D eigenvalue weighted by atomic mass is 9.83. The molecule has 36 heavy (non-hydrogen) atoms. The van der Waals surface area contributed by atoms with E-state index in [1.54, 1.807) is 31.2 Å². The van der Waals surface area contributed by atoms with Crippen LogP contribution in [-0.4, -0.2) is 9.55 Å². The van der Waals surface area contributed by atoms with Gasteiger partial charge in [0, 0.05) is 22.9 Å². The van der Waals surface area contributed by atoms with Gasteiger partial charge in [0.2, 0.25) is 0 Å². The maximum atomic E-state index is 14.5. The Bertz CT molecular complexity index is 1470. The SMILES string of the molecule is Cc1cc(C2CCCc3nc(SCc4c(F)cc(C#N)cc4F)n(-c4ccc(F)cc4)c32)ccc1F. The minimum atomic E-state index is -0.789. The number of rotatable bonds is 5. The second-order valence-corrected chi connectivity index (χ2v) is 9.75. The predicted octanol–water partition coefficient (Wildman–Crippen LogP) is 7.37. The molecule has 0 aliphatic heterocycles. The topological polar surface area (TPSA) is 41.6 Å². The lowest BCUT2D eigenvalue weighted by molar-refractivity contribution is 0.565. The van der Waals surface area contributed by atoms with Crippen molar-refractivity contribution in [1.82, 2.24) is 9.55 Å². The molecule has 0 N–H and O–H groups in total. The third kappa shape index (κ3) is 4.51. The molecule has 1 unspecified atom stereocenters. The van der Waals surface area contributed by atoms with E-state index in [0.717, 1.165) is 48.3 Å². The van der Waals surface area contributed by atoms with Crippen LogP contribution in [0.1, 0.15) is 52.4 Å². The van der Waals surface area contributed by atoms with Gasteiger partial charge < -0.3 is 0 Å². The summed E-state index contributed by atoms with van der Waals surface area (Å²) in [6, 6.07) is 14.9. The van der Waals surface area contributed by atoms with Crippen LogP contribution in [0.5, 0.6) is 0 Å². The monoisotopic (exact) mass is 507 g/mol. The van der Waals surface area contributed by atoms with Gasteiger partial charge >= 0.3 is 0 Å². The van der Waals surface area contributed by atoms with E-state index >= 15 is 0 Å². The molecular weight excluding hydrogens is 486 g/mol. The molecule has 3 aromatic carbocycles. The number of halogens is 4. The van der Waals surface area contributed by atoms with Crippen LogP contribution in [0, 0.1) is 41.5 Å². The van der Waals surface area contributed by atoms with Crippen molar-refractivity contribution in [2.75, 3.05) is 0 Å². The van der Waals surface area contributed by atoms with Gasteiger partial charge in [-0.1, -0.05) is 23.9 Å². The van der Waals surface area contributed by atoms with Crippen LogP contribution in [0.2, 0.25) is 0 Å². The van der Waals surface area contributed by atoms with Gasteiger partial charge in [0.05, 0.1) is 23.0 Å². The number of aryl methyl sites for hydroxylation is 2. The van der Waals surface area contributed by atoms with Gasteiger partial charge in [0.15, 0.2) is 5.16 Å². The molecule has 0 saturated heterocycles. The first-order valence-electron chi connectivity index (χ1n) is 11.5. The molecule has 0 amide bonds. The highest BCUT2D eigenvalue weighted by atomic mass is 32.2. The van der Waals surface area contributed by atoms with E-state index < -0.39 is 11.6 Å². The van der Waals surface area contributed by atoms with E-state index in [-0.39, 0.29) is 34.4 Å². The van der Waals surface area contributed by atoms with E-state index in [1.165, 1.54) is 30.0 Å². The highest BCUT2D eigenvalue weighted by Crippen LogP contribution is 2.41. The van der Waals surface area contributed by atoms with Crippen molar-refractivity contribution in [1.29, 1.82) is 5.26 Å². The van der Waals surface area contributed by atoms with E-state index in [1.807, 2.05) is 10.6 Å². The number of nitrogens with zero attached hydrogens (tertiary/aromatic N) is 3. The third-order valence-electron chi connectivity index (χ3n) is 6.48. The molecule has 1 atom stereocenters. The number of hydrogen-bond donors (Lipinski definition) is 0. The maximum Gasteiger partial charge on any atom is 0.173 e. The van der Waals surface area contributed by atoms with Crippen molar-refractivity contribution in [3.63, 3.8) is 0 Å². The molecule has 0 saturated carbocycles. The molecular formula is C28H21F4N3S. The summed E-state index contributed by atoms with van der Waals surface area (Å²) in [5.74, 6) is -2.34. The number of benzene rings is 3. The zero-order chi connectivity index (χ0) is 25.4. The van der Waals surface area contributed by atoms with Crippen molar-refractivity contribution >= 4 is 11.8 Å². The Morgan fingerprint density at radius 1 is 1.00 bits per heavy atom. The number of aromatic nitrogens is 2. The van der Waals surface area contributed by atoms with Crippen LogP contribution >= 0.6 is 11.8 Å². The number of thioether (sulfide) groups is 1. The molecule has 1 heterocycles. The number of imidazole rings is 1. The Balaban J connectivity index is 1.60. The van der Waals surface area contributed by atoms with E-state index in [2.05, 4.69) is 0 Å². The average molecular weight is 508 g/mol. The lowest BCUT2D eigenvalue weighted by Crippen LogP contribution is -2.15. The average Bonchev–Trinajstić information content (AvgIpc) is 3.24. The summed E-state index contributed by atoms with van der Waals surface area (Å²) < 4.78 is 58.7. The standard InChI is InChI=1S/C28H21F4N3S/c1-16-11-18(5-10-23(16)30)21-3-2-4-26-27(21)35(20-8-6-19(29)7-9-20)28(34-26)36-15-22-24(31)12-17(14-33)13-25(22)32/h5-13,21H,2-4,15H2,1H3. The number of nitriles is 1. The summed E-state index contributed by atoms with van der Waals surface area (Å²) in [5.41, 5.74) is 3.74.